The third-order valence-electron chi connectivity index (χ3n) is 3.25. The summed E-state index contributed by atoms with van der Waals surface area (Å²) in [5.41, 5.74) is 6.16. The van der Waals surface area contributed by atoms with Crippen molar-refractivity contribution in [2.75, 3.05) is 6.54 Å². The van der Waals surface area contributed by atoms with Crippen LogP contribution in [-0.2, 0) is 0 Å². The Morgan fingerprint density at radius 1 is 1.47 bits per heavy atom. The maximum absolute atomic E-state index is 6.16. The molecular weight excluding hydrogens is 230 g/mol. The molecule has 82 valence electrons. The molecule has 1 aliphatic heterocycles. The number of halogens is 1. The molecular formula is C10H14ClN3S. The van der Waals surface area contributed by atoms with Crippen molar-refractivity contribution in [1.29, 1.82) is 0 Å². The van der Waals surface area contributed by atoms with Crippen molar-refractivity contribution in [3.05, 3.63) is 15.5 Å². The van der Waals surface area contributed by atoms with Gasteiger partial charge >= 0.3 is 0 Å². The van der Waals surface area contributed by atoms with E-state index in [1.807, 2.05) is 0 Å². The van der Waals surface area contributed by atoms with Crippen LogP contribution in [0.3, 0.4) is 0 Å². The van der Waals surface area contributed by atoms with E-state index in [4.69, 9.17) is 17.3 Å². The first kappa shape index (κ1) is 10.0. The van der Waals surface area contributed by atoms with Crippen LogP contribution in [0, 0.1) is 0 Å². The number of aromatic nitrogens is 1. The Morgan fingerprint density at radius 2 is 2.27 bits per heavy atom. The molecule has 0 spiro atoms. The van der Waals surface area contributed by atoms with E-state index in [-0.39, 0.29) is 6.04 Å². The van der Waals surface area contributed by atoms with E-state index in [1.165, 1.54) is 12.8 Å². The van der Waals surface area contributed by atoms with Crippen molar-refractivity contribution >= 4 is 22.9 Å². The summed E-state index contributed by atoms with van der Waals surface area (Å²) in [6, 6.07) is 1.30. The van der Waals surface area contributed by atoms with Crippen LogP contribution < -0.4 is 5.73 Å². The zero-order valence-electron chi connectivity index (χ0n) is 8.40. The van der Waals surface area contributed by atoms with E-state index in [0.717, 1.165) is 28.4 Å². The number of hydrogen-bond donors (Lipinski definition) is 1. The lowest BCUT2D eigenvalue weighted by Gasteiger charge is -2.24. The third-order valence-corrected chi connectivity index (χ3v) is 4.43. The molecule has 2 heterocycles. The van der Waals surface area contributed by atoms with Gasteiger partial charge in [0.05, 0.1) is 12.2 Å². The van der Waals surface area contributed by atoms with Gasteiger partial charge in [-0.1, -0.05) is 11.6 Å². The van der Waals surface area contributed by atoms with Gasteiger partial charge in [0.2, 0.25) is 0 Å². The summed E-state index contributed by atoms with van der Waals surface area (Å²) < 4.78 is 0.764. The highest BCUT2D eigenvalue weighted by molar-refractivity contribution is 7.15. The van der Waals surface area contributed by atoms with Crippen molar-refractivity contribution in [2.24, 2.45) is 5.73 Å². The van der Waals surface area contributed by atoms with E-state index < -0.39 is 0 Å². The second-order valence-corrected chi connectivity index (χ2v) is 6.06. The molecule has 2 N–H and O–H groups in total. The summed E-state index contributed by atoms with van der Waals surface area (Å²) in [7, 11) is 0. The fraction of sp³-hybridized carbons (Fsp3) is 0.700. The topological polar surface area (TPSA) is 42.1 Å². The Balaban J connectivity index is 1.87. The number of nitrogens with two attached hydrogens (primary N) is 1. The minimum absolute atomic E-state index is 0.229. The predicted octanol–water partition coefficient (Wildman–Crippen LogP) is 2.03. The van der Waals surface area contributed by atoms with Gasteiger partial charge in [-0.05, 0) is 19.3 Å². The van der Waals surface area contributed by atoms with Gasteiger partial charge in [0.25, 0.3) is 0 Å². The number of likely N-dealkylation sites (tertiary alicyclic amines) is 1. The van der Waals surface area contributed by atoms with Crippen molar-refractivity contribution in [3.8, 4) is 0 Å². The van der Waals surface area contributed by atoms with Crippen LogP contribution in [0.1, 0.15) is 30.3 Å². The maximum atomic E-state index is 6.16. The Kier molecular flexibility index (Phi) is 2.47. The lowest BCUT2D eigenvalue weighted by molar-refractivity contribution is 0.237. The summed E-state index contributed by atoms with van der Waals surface area (Å²) in [4.78, 5) is 6.89. The highest BCUT2D eigenvalue weighted by Crippen LogP contribution is 2.41. The zero-order valence-corrected chi connectivity index (χ0v) is 9.97. The molecule has 0 aromatic carbocycles. The summed E-state index contributed by atoms with van der Waals surface area (Å²) >= 11 is 7.50. The molecule has 1 aromatic rings. The van der Waals surface area contributed by atoms with E-state index in [2.05, 4.69) is 9.88 Å². The smallest absolute Gasteiger partial charge is 0.113 e. The van der Waals surface area contributed by atoms with Gasteiger partial charge in [-0.2, -0.15) is 0 Å². The summed E-state index contributed by atoms with van der Waals surface area (Å²) in [6.45, 7) is 1.12. The second kappa shape index (κ2) is 3.70. The average Bonchev–Trinajstić information content (AvgIpc) is 2.86. The fourth-order valence-electron chi connectivity index (χ4n) is 2.39. The largest absolute Gasteiger partial charge is 0.326 e. The first-order chi connectivity index (χ1) is 7.25. The van der Waals surface area contributed by atoms with E-state index in [9.17, 15) is 0 Å². The Labute approximate surface area is 98.2 Å². The molecule has 1 saturated heterocycles. The van der Waals surface area contributed by atoms with E-state index >= 15 is 0 Å². The molecule has 15 heavy (non-hydrogen) atoms. The van der Waals surface area contributed by atoms with Crippen LogP contribution in [0.5, 0.6) is 0 Å². The predicted molar refractivity (Wildman–Crippen MR) is 62.2 cm³/mol. The fourth-order valence-corrected chi connectivity index (χ4v) is 3.51. The number of nitrogens with zero attached hydrogens (tertiary/aromatic N) is 2. The van der Waals surface area contributed by atoms with Gasteiger partial charge in [-0.3, -0.25) is 4.90 Å². The molecule has 1 saturated carbocycles. The molecule has 2 atom stereocenters. The molecule has 5 heteroatoms. The van der Waals surface area contributed by atoms with Gasteiger partial charge in [0, 0.05) is 18.6 Å². The molecule has 2 unspecified atom stereocenters. The van der Waals surface area contributed by atoms with Crippen LogP contribution in [0.25, 0.3) is 0 Å². The number of thiazole rings is 1. The lowest BCUT2D eigenvalue weighted by atomic mass is 10.1. The van der Waals surface area contributed by atoms with Crippen molar-refractivity contribution in [1.82, 2.24) is 9.88 Å². The van der Waals surface area contributed by atoms with Gasteiger partial charge in [0.15, 0.2) is 0 Å². The molecule has 1 aliphatic carbocycles. The molecule has 2 aliphatic rings. The number of hydrogen-bond acceptors (Lipinski definition) is 4. The van der Waals surface area contributed by atoms with Crippen LogP contribution in [0.15, 0.2) is 6.20 Å². The molecule has 3 rings (SSSR count). The minimum atomic E-state index is 0.229. The quantitative estimate of drug-likeness (QED) is 0.865. The molecule has 0 bridgehead atoms. The van der Waals surface area contributed by atoms with E-state index in [0.29, 0.717) is 6.04 Å². The molecule has 3 nitrogen and oxygen atoms in total. The molecule has 0 radical (unpaired) electrons. The highest BCUT2D eigenvalue weighted by atomic mass is 35.5. The minimum Gasteiger partial charge on any atom is -0.326 e. The average molecular weight is 244 g/mol. The highest BCUT2D eigenvalue weighted by Gasteiger charge is 2.42. The first-order valence-electron chi connectivity index (χ1n) is 5.38. The van der Waals surface area contributed by atoms with Crippen LogP contribution in [0.4, 0.5) is 0 Å². The van der Waals surface area contributed by atoms with E-state index in [1.54, 1.807) is 17.5 Å². The van der Waals surface area contributed by atoms with Gasteiger partial charge in [-0.15, -0.1) is 11.3 Å². The van der Waals surface area contributed by atoms with Crippen molar-refractivity contribution in [3.63, 3.8) is 0 Å². The number of rotatable bonds is 2. The third kappa shape index (κ3) is 1.80. The van der Waals surface area contributed by atoms with Gasteiger partial charge < -0.3 is 5.73 Å². The standard InChI is InChI=1S/C10H14ClN3S/c11-8-5-13-10(15-8)9-7(12)3-4-14(9)6-1-2-6/h5-7,9H,1-4,12H2. The monoisotopic (exact) mass is 243 g/mol. The molecule has 2 fully saturated rings. The van der Waals surface area contributed by atoms with Crippen molar-refractivity contribution in [2.45, 2.75) is 37.4 Å². The van der Waals surface area contributed by atoms with Gasteiger partial charge in [-0.25, -0.2) is 4.98 Å². The lowest BCUT2D eigenvalue weighted by Crippen LogP contribution is -2.33. The Bertz CT molecular complexity index is 363. The second-order valence-electron chi connectivity index (χ2n) is 4.37. The molecule has 0 amide bonds. The Morgan fingerprint density at radius 3 is 2.87 bits per heavy atom. The van der Waals surface area contributed by atoms with Gasteiger partial charge in [0.1, 0.15) is 9.34 Å². The Hall–Kier alpha value is -0.160. The normalized spacial score (nSPS) is 32.4. The van der Waals surface area contributed by atoms with Crippen LogP contribution >= 0.6 is 22.9 Å². The van der Waals surface area contributed by atoms with Crippen LogP contribution in [0.2, 0.25) is 4.34 Å². The maximum Gasteiger partial charge on any atom is 0.113 e. The summed E-state index contributed by atoms with van der Waals surface area (Å²) in [5.74, 6) is 0. The SMILES string of the molecule is NC1CCN(C2CC2)C1c1ncc(Cl)s1. The zero-order chi connectivity index (χ0) is 10.4. The first-order valence-corrected chi connectivity index (χ1v) is 6.57. The van der Waals surface area contributed by atoms with Crippen LogP contribution in [-0.4, -0.2) is 28.5 Å². The summed E-state index contributed by atoms with van der Waals surface area (Å²) in [6.07, 6.45) is 5.46. The molecule has 1 aromatic heterocycles. The summed E-state index contributed by atoms with van der Waals surface area (Å²) in [5, 5.41) is 1.09. The van der Waals surface area contributed by atoms with Crippen molar-refractivity contribution < 1.29 is 0 Å².